The first-order chi connectivity index (χ1) is 14.1. The molecule has 0 spiro atoms. The van der Waals surface area contributed by atoms with E-state index in [1.54, 1.807) is 36.4 Å². The van der Waals surface area contributed by atoms with Crippen molar-refractivity contribution in [2.75, 3.05) is 17.9 Å². The highest BCUT2D eigenvalue weighted by Gasteiger charge is 2.16. The number of amides is 1. The molecule has 0 aliphatic carbocycles. The smallest absolute Gasteiger partial charge is 0.234 e. The molecule has 0 unspecified atom stereocenters. The molecule has 0 fully saturated rings. The van der Waals surface area contributed by atoms with Crippen molar-refractivity contribution in [3.05, 3.63) is 65.2 Å². The summed E-state index contributed by atoms with van der Waals surface area (Å²) in [7, 11) is 0. The molecule has 0 atom stereocenters. The first kappa shape index (κ1) is 19.1. The zero-order valence-corrected chi connectivity index (χ0v) is 16.6. The lowest BCUT2D eigenvalue weighted by Gasteiger charge is -2.09. The summed E-state index contributed by atoms with van der Waals surface area (Å²) < 4.78 is 10.7. The van der Waals surface area contributed by atoms with E-state index < -0.39 is 0 Å². The minimum Gasteiger partial charge on any atom is -0.454 e. The molecule has 1 aromatic heterocycles. The van der Waals surface area contributed by atoms with Gasteiger partial charge in [0.15, 0.2) is 11.5 Å². The van der Waals surface area contributed by atoms with Gasteiger partial charge in [0.25, 0.3) is 0 Å². The number of fused-ring (bicyclic) bond motifs is 1. The Bertz CT molecular complexity index is 1130. The van der Waals surface area contributed by atoms with Gasteiger partial charge in [-0.05, 0) is 42.5 Å². The van der Waals surface area contributed by atoms with Gasteiger partial charge in [0.2, 0.25) is 12.7 Å². The van der Waals surface area contributed by atoms with Gasteiger partial charge in [-0.25, -0.2) is 4.98 Å². The number of nitrogens with zero attached hydrogens (tertiary/aromatic N) is 2. The number of pyridine rings is 1. The van der Waals surface area contributed by atoms with Crippen LogP contribution in [0.25, 0.3) is 11.3 Å². The standard InChI is InChI=1S/C21H14ClN3O3S/c22-15-3-1-2-4-17(15)24-20(26)11-29-21-14(10-23)5-7-16(25-21)13-6-8-18-19(9-13)28-12-27-18/h1-9H,11-12H2,(H,24,26). The third-order valence-electron chi connectivity index (χ3n) is 4.14. The van der Waals surface area contributed by atoms with Gasteiger partial charge in [-0.1, -0.05) is 35.5 Å². The van der Waals surface area contributed by atoms with Gasteiger partial charge in [-0.3, -0.25) is 4.79 Å². The minimum absolute atomic E-state index is 0.0947. The molecule has 29 heavy (non-hydrogen) atoms. The minimum atomic E-state index is -0.234. The number of halogens is 1. The molecular weight excluding hydrogens is 410 g/mol. The fourth-order valence-corrected chi connectivity index (χ4v) is 3.69. The number of aromatic nitrogens is 1. The van der Waals surface area contributed by atoms with Gasteiger partial charge in [0, 0.05) is 5.56 Å². The van der Waals surface area contributed by atoms with E-state index in [0.29, 0.717) is 38.5 Å². The number of hydrogen-bond acceptors (Lipinski definition) is 6. The number of benzene rings is 2. The van der Waals surface area contributed by atoms with Crippen molar-refractivity contribution in [3.8, 4) is 28.8 Å². The van der Waals surface area contributed by atoms with Gasteiger partial charge in [0.05, 0.1) is 27.7 Å². The molecule has 2 heterocycles. The van der Waals surface area contributed by atoms with Crippen molar-refractivity contribution in [2.24, 2.45) is 0 Å². The topological polar surface area (TPSA) is 84.2 Å². The molecule has 1 N–H and O–H groups in total. The average molecular weight is 424 g/mol. The lowest BCUT2D eigenvalue weighted by atomic mass is 10.1. The van der Waals surface area contributed by atoms with Crippen LogP contribution in [0.2, 0.25) is 5.02 Å². The van der Waals surface area contributed by atoms with Crippen molar-refractivity contribution in [1.29, 1.82) is 5.26 Å². The second-order valence-corrected chi connectivity index (χ2v) is 7.42. The van der Waals surface area contributed by atoms with Crippen molar-refractivity contribution >= 4 is 35.0 Å². The van der Waals surface area contributed by atoms with Crippen LogP contribution in [-0.2, 0) is 4.79 Å². The van der Waals surface area contributed by atoms with Gasteiger partial charge in [0.1, 0.15) is 11.1 Å². The van der Waals surface area contributed by atoms with Crippen molar-refractivity contribution < 1.29 is 14.3 Å². The molecule has 144 valence electrons. The lowest BCUT2D eigenvalue weighted by molar-refractivity contribution is -0.113. The number of hydrogen-bond donors (Lipinski definition) is 1. The van der Waals surface area contributed by atoms with Crippen LogP contribution < -0.4 is 14.8 Å². The summed E-state index contributed by atoms with van der Waals surface area (Å²) in [5, 5.41) is 13.1. The van der Waals surface area contributed by atoms with Gasteiger partial charge < -0.3 is 14.8 Å². The van der Waals surface area contributed by atoms with Gasteiger partial charge >= 0.3 is 0 Å². The highest BCUT2D eigenvalue weighted by molar-refractivity contribution is 8.00. The number of nitriles is 1. The predicted octanol–water partition coefficient (Wildman–Crippen LogP) is 4.73. The Morgan fingerprint density at radius 2 is 2.00 bits per heavy atom. The Kier molecular flexibility index (Phi) is 5.56. The predicted molar refractivity (Wildman–Crippen MR) is 111 cm³/mol. The molecule has 6 nitrogen and oxygen atoms in total. The molecule has 1 amide bonds. The van der Waals surface area contributed by atoms with E-state index in [1.807, 2.05) is 18.2 Å². The quantitative estimate of drug-likeness (QED) is 0.597. The van der Waals surface area contributed by atoms with Crippen LogP contribution in [0.1, 0.15) is 5.56 Å². The number of anilines is 1. The number of ether oxygens (including phenoxy) is 2. The Morgan fingerprint density at radius 3 is 2.83 bits per heavy atom. The van der Waals surface area contributed by atoms with E-state index in [-0.39, 0.29) is 18.5 Å². The highest BCUT2D eigenvalue weighted by atomic mass is 35.5. The fraction of sp³-hybridized carbons (Fsp3) is 0.0952. The average Bonchev–Trinajstić information content (AvgIpc) is 3.21. The molecule has 1 aliphatic rings. The van der Waals surface area contributed by atoms with Crippen LogP contribution in [0.3, 0.4) is 0 Å². The third-order valence-corrected chi connectivity index (χ3v) is 5.46. The lowest BCUT2D eigenvalue weighted by Crippen LogP contribution is -2.14. The monoisotopic (exact) mass is 423 g/mol. The highest BCUT2D eigenvalue weighted by Crippen LogP contribution is 2.36. The summed E-state index contributed by atoms with van der Waals surface area (Å²) in [6, 6.07) is 18.1. The summed E-state index contributed by atoms with van der Waals surface area (Å²) in [6.07, 6.45) is 0. The first-order valence-electron chi connectivity index (χ1n) is 8.62. The Labute approximate surface area is 176 Å². The maximum Gasteiger partial charge on any atom is 0.234 e. The Hall–Kier alpha value is -3.21. The first-order valence-corrected chi connectivity index (χ1v) is 9.99. The molecule has 3 aromatic rings. The third kappa shape index (κ3) is 4.29. The SMILES string of the molecule is N#Cc1ccc(-c2ccc3c(c2)OCO3)nc1SCC(=O)Nc1ccccc1Cl. The van der Waals surface area contributed by atoms with Crippen LogP contribution in [-0.4, -0.2) is 23.4 Å². The number of rotatable bonds is 5. The number of para-hydroxylation sites is 1. The summed E-state index contributed by atoms with van der Waals surface area (Å²) in [5.41, 5.74) is 2.46. The molecular formula is C21H14ClN3O3S. The number of carbonyl (C=O) groups is 1. The van der Waals surface area contributed by atoms with E-state index in [1.165, 1.54) is 11.8 Å². The van der Waals surface area contributed by atoms with Crippen molar-refractivity contribution in [1.82, 2.24) is 4.98 Å². The van der Waals surface area contributed by atoms with E-state index in [2.05, 4.69) is 16.4 Å². The van der Waals surface area contributed by atoms with E-state index in [9.17, 15) is 10.1 Å². The second-order valence-electron chi connectivity index (χ2n) is 6.05. The van der Waals surface area contributed by atoms with Crippen LogP contribution >= 0.6 is 23.4 Å². The molecule has 8 heteroatoms. The van der Waals surface area contributed by atoms with Crippen molar-refractivity contribution in [3.63, 3.8) is 0 Å². The van der Waals surface area contributed by atoms with E-state index in [0.717, 1.165) is 5.56 Å². The maximum absolute atomic E-state index is 12.3. The van der Waals surface area contributed by atoms with E-state index >= 15 is 0 Å². The largest absolute Gasteiger partial charge is 0.454 e. The molecule has 2 aromatic carbocycles. The summed E-state index contributed by atoms with van der Waals surface area (Å²) in [5.74, 6) is 1.20. The second kappa shape index (κ2) is 8.43. The van der Waals surface area contributed by atoms with Crippen LogP contribution in [0, 0.1) is 11.3 Å². The molecule has 4 rings (SSSR count). The van der Waals surface area contributed by atoms with Crippen molar-refractivity contribution in [2.45, 2.75) is 5.03 Å². The summed E-state index contributed by atoms with van der Waals surface area (Å²) in [6.45, 7) is 0.196. The molecule has 1 aliphatic heterocycles. The summed E-state index contributed by atoms with van der Waals surface area (Å²) >= 11 is 7.26. The normalized spacial score (nSPS) is 11.7. The molecule has 0 saturated carbocycles. The molecule has 0 radical (unpaired) electrons. The van der Waals surface area contributed by atoms with Gasteiger partial charge in [-0.15, -0.1) is 0 Å². The zero-order valence-electron chi connectivity index (χ0n) is 15.0. The van der Waals surface area contributed by atoms with Crippen LogP contribution in [0.15, 0.2) is 59.6 Å². The van der Waals surface area contributed by atoms with Crippen LogP contribution in [0.4, 0.5) is 5.69 Å². The van der Waals surface area contributed by atoms with Crippen LogP contribution in [0.5, 0.6) is 11.5 Å². The number of nitrogens with one attached hydrogen (secondary N) is 1. The van der Waals surface area contributed by atoms with Gasteiger partial charge in [-0.2, -0.15) is 5.26 Å². The Balaban J connectivity index is 1.51. The summed E-state index contributed by atoms with van der Waals surface area (Å²) in [4.78, 5) is 16.9. The van der Waals surface area contributed by atoms with E-state index in [4.69, 9.17) is 21.1 Å². The fourth-order valence-electron chi connectivity index (χ4n) is 2.73. The number of thioether (sulfide) groups is 1. The number of carbonyl (C=O) groups excluding carboxylic acids is 1. The Morgan fingerprint density at radius 1 is 1.17 bits per heavy atom. The maximum atomic E-state index is 12.3. The molecule has 0 bridgehead atoms. The zero-order chi connectivity index (χ0) is 20.2. The molecule has 0 saturated heterocycles.